The monoisotopic (exact) mass is 481 g/mol. The number of thioether (sulfide) groups is 1. The molecule has 0 spiro atoms. The van der Waals surface area contributed by atoms with Gasteiger partial charge in [0.1, 0.15) is 0 Å². The molecular weight excluding hydrogens is 450 g/mol. The fraction of sp³-hybridized carbons (Fsp3) is 0.385. The van der Waals surface area contributed by atoms with Crippen LogP contribution in [0.25, 0.3) is 10.9 Å². The molecule has 0 fully saturated rings. The number of rotatable bonds is 10. The lowest BCUT2D eigenvalue weighted by Gasteiger charge is -2.19. The van der Waals surface area contributed by atoms with Crippen molar-refractivity contribution in [2.24, 2.45) is 5.92 Å². The molecule has 1 N–H and O–H groups in total. The highest BCUT2D eigenvalue weighted by atomic mass is 32.2. The predicted octanol–water partition coefficient (Wildman–Crippen LogP) is 4.59. The van der Waals surface area contributed by atoms with Gasteiger partial charge in [-0.05, 0) is 36.1 Å². The van der Waals surface area contributed by atoms with Crippen molar-refractivity contribution < 1.29 is 14.3 Å². The summed E-state index contributed by atoms with van der Waals surface area (Å²) in [5.41, 5.74) is 1.61. The van der Waals surface area contributed by atoms with Crippen LogP contribution in [0.2, 0.25) is 0 Å². The molecule has 0 radical (unpaired) electrons. The first-order chi connectivity index (χ1) is 16.3. The Kier molecular flexibility index (Phi) is 8.87. The van der Waals surface area contributed by atoms with Crippen molar-refractivity contribution in [2.75, 3.05) is 12.9 Å². The van der Waals surface area contributed by atoms with Gasteiger partial charge in [0.2, 0.25) is 5.91 Å². The topological polar surface area (TPSA) is 90.3 Å². The molecule has 34 heavy (non-hydrogen) atoms. The van der Waals surface area contributed by atoms with Crippen LogP contribution in [0.3, 0.4) is 0 Å². The molecule has 2 aromatic carbocycles. The number of carbonyl (C=O) groups is 2. The van der Waals surface area contributed by atoms with Gasteiger partial charge < -0.3 is 10.1 Å². The van der Waals surface area contributed by atoms with Gasteiger partial charge in [-0.3, -0.25) is 14.2 Å². The largest absolute Gasteiger partial charge is 0.465 e. The quantitative estimate of drug-likeness (QED) is 0.259. The van der Waals surface area contributed by atoms with E-state index in [1.807, 2.05) is 44.2 Å². The summed E-state index contributed by atoms with van der Waals surface area (Å²) >= 11 is 1.23. The lowest BCUT2D eigenvalue weighted by atomic mass is 10.0. The van der Waals surface area contributed by atoms with Gasteiger partial charge >= 0.3 is 5.97 Å². The fourth-order valence-corrected chi connectivity index (χ4v) is 4.56. The minimum absolute atomic E-state index is 0.0654. The van der Waals surface area contributed by atoms with Crippen LogP contribution in [0.1, 0.15) is 55.6 Å². The Labute approximate surface area is 203 Å². The highest BCUT2D eigenvalue weighted by molar-refractivity contribution is 7.99. The number of carbonyl (C=O) groups excluding carboxylic acids is 2. The number of ether oxygens (including phenoxy) is 1. The molecule has 0 saturated carbocycles. The zero-order valence-corrected chi connectivity index (χ0v) is 20.9. The molecule has 0 aliphatic heterocycles. The Bertz CT molecular complexity index is 1210. The molecule has 8 heteroatoms. The van der Waals surface area contributed by atoms with E-state index >= 15 is 0 Å². The second-order valence-electron chi connectivity index (χ2n) is 8.54. The summed E-state index contributed by atoms with van der Waals surface area (Å²) in [6.45, 7) is 6.61. The molecule has 7 nitrogen and oxygen atoms in total. The molecule has 0 saturated heterocycles. The zero-order chi connectivity index (χ0) is 24.7. The van der Waals surface area contributed by atoms with E-state index in [2.05, 4.69) is 17.2 Å². The zero-order valence-electron chi connectivity index (χ0n) is 20.0. The van der Waals surface area contributed by atoms with Crippen LogP contribution in [-0.4, -0.2) is 34.3 Å². The van der Waals surface area contributed by atoms with Crippen LogP contribution in [0.5, 0.6) is 0 Å². The minimum Gasteiger partial charge on any atom is -0.465 e. The minimum atomic E-state index is -0.494. The second kappa shape index (κ2) is 11.8. The number of methoxy groups -OCH3 is 1. The maximum atomic E-state index is 13.2. The summed E-state index contributed by atoms with van der Waals surface area (Å²) < 4.78 is 6.40. The van der Waals surface area contributed by atoms with Crippen LogP contribution in [0, 0.1) is 5.92 Å². The average molecular weight is 482 g/mol. The number of fused-ring (bicyclic) bond motifs is 1. The maximum Gasteiger partial charge on any atom is 0.337 e. The van der Waals surface area contributed by atoms with Gasteiger partial charge in [-0.2, -0.15) is 0 Å². The van der Waals surface area contributed by atoms with E-state index in [0.717, 1.165) is 18.4 Å². The Hall–Kier alpha value is -3.13. The molecule has 3 rings (SSSR count). The Morgan fingerprint density at radius 1 is 1.15 bits per heavy atom. The number of esters is 1. The number of aromatic nitrogens is 2. The molecule has 1 amide bonds. The first-order valence-corrected chi connectivity index (χ1v) is 12.4. The molecule has 0 bridgehead atoms. The second-order valence-corrected chi connectivity index (χ2v) is 9.48. The third-order valence-corrected chi connectivity index (χ3v) is 6.31. The summed E-state index contributed by atoms with van der Waals surface area (Å²) in [5, 5.41) is 3.99. The molecule has 0 aliphatic rings. The first-order valence-electron chi connectivity index (χ1n) is 11.4. The maximum absolute atomic E-state index is 13.2. The van der Waals surface area contributed by atoms with Crippen molar-refractivity contribution in [1.29, 1.82) is 0 Å². The van der Waals surface area contributed by atoms with Crippen molar-refractivity contribution in [2.45, 2.75) is 51.4 Å². The number of hydrogen-bond acceptors (Lipinski definition) is 6. The molecule has 3 aromatic rings. The van der Waals surface area contributed by atoms with Gasteiger partial charge in [-0.15, -0.1) is 0 Å². The third kappa shape index (κ3) is 6.26. The van der Waals surface area contributed by atoms with E-state index in [1.165, 1.54) is 18.9 Å². The van der Waals surface area contributed by atoms with E-state index < -0.39 is 5.97 Å². The van der Waals surface area contributed by atoms with Crippen molar-refractivity contribution in [1.82, 2.24) is 14.9 Å². The van der Waals surface area contributed by atoms with Crippen LogP contribution in [0.15, 0.2) is 58.5 Å². The Balaban J connectivity index is 1.87. The third-order valence-electron chi connectivity index (χ3n) is 5.34. The molecule has 1 atom stereocenters. The van der Waals surface area contributed by atoms with Gasteiger partial charge in [-0.25, -0.2) is 9.78 Å². The van der Waals surface area contributed by atoms with Crippen LogP contribution < -0.4 is 10.9 Å². The van der Waals surface area contributed by atoms with Crippen LogP contribution in [-0.2, 0) is 16.1 Å². The molecule has 0 aliphatic carbocycles. The highest BCUT2D eigenvalue weighted by Gasteiger charge is 2.18. The number of nitrogens with one attached hydrogen (secondary N) is 1. The van der Waals surface area contributed by atoms with Gasteiger partial charge in [0, 0.05) is 6.54 Å². The van der Waals surface area contributed by atoms with E-state index in [1.54, 1.807) is 22.8 Å². The van der Waals surface area contributed by atoms with Gasteiger partial charge in [-0.1, -0.05) is 69.3 Å². The summed E-state index contributed by atoms with van der Waals surface area (Å²) in [7, 11) is 1.31. The van der Waals surface area contributed by atoms with Gasteiger partial charge in [0.25, 0.3) is 5.56 Å². The molecule has 1 unspecified atom stereocenters. The SMILES string of the molecule is CCCC(NC(=O)CSc1nc2cc(C(=O)OC)ccc2c(=O)n1CC(C)C)c1ccccc1. The molecule has 1 aromatic heterocycles. The standard InChI is InChI=1S/C26H31N3O4S/c1-5-9-21(18-10-7-6-8-11-18)27-23(30)16-34-26-28-22-14-19(25(32)33-4)12-13-20(22)24(31)29(26)15-17(2)3/h6-8,10-14,17,21H,5,9,15-16H2,1-4H3,(H,27,30). The number of hydrogen-bond donors (Lipinski definition) is 1. The van der Waals surface area contributed by atoms with Gasteiger partial charge in [0.15, 0.2) is 5.16 Å². The van der Waals surface area contributed by atoms with E-state index in [4.69, 9.17) is 4.74 Å². The predicted molar refractivity (Wildman–Crippen MR) is 135 cm³/mol. The van der Waals surface area contributed by atoms with Crippen molar-refractivity contribution >= 4 is 34.5 Å². The van der Waals surface area contributed by atoms with Crippen molar-refractivity contribution in [3.63, 3.8) is 0 Å². The fourth-order valence-electron chi connectivity index (χ4n) is 3.74. The number of amides is 1. The summed E-state index contributed by atoms with van der Waals surface area (Å²) in [6, 6.07) is 14.6. The smallest absolute Gasteiger partial charge is 0.337 e. The molecule has 180 valence electrons. The summed E-state index contributed by atoms with van der Waals surface area (Å²) in [4.78, 5) is 42.6. The van der Waals surface area contributed by atoms with Crippen molar-refractivity contribution in [3.8, 4) is 0 Å². The normalized spacial score (nSPS) is 12.0. The molecular formula is C26H31N3O4S. The Morgan fingerprint density at radius 2 is 1.88 bits per heavy atom. The van der Waals surface area contributed by atoms with E-state index in [-0.39, 0.29) is 29.2 Å². The van der Waals surface area contributed by atoms with E-state index in [9.17, 15) is 14.4 Å². The molecule has 1 heterocycles. The number of benzene rings is 2. The lowest BCUT2D eigenvalue weighted by Crippen LogP contribution is -2.31. The van der Waals surface area contributed by atoms with Gasteiger partial charge in [0.05, 0.1) is 35.4 Å². The van der Waals surface area contributed by atoms with Crippen molar-refractivity contribution in [3.05, 3.63) is 70.0 Å². The number of nitrogens with zero attached hydrogens (tertiary/aromatic N) is 2. The highest BCUT2D eigenvalue weighted by Crippen LogP contribution is 2.22. The first kappa shape index (κ1) is 25.5. The summed E-state index contributed by atoms with van der Waals surface area (Å²) in [5.74, 6) is -0.279. The Morgan fingerprint density at radius 3 is 2.53 bits per heavy atom. The average Bonchev–Trinajstić information content (AvgIpc) is 2.84. The van der Waals surface area contributed by atoms with Crippen LogP contribution >= 0.6 is 11.8 Å². The van der Waals surface area contributed by atoms with E-state index in [0.29, 0.717) is 28.2 Å². The van der Waals surface area contributed by atoms with Crippen LogP contribution in [0.4, 0.5) is 0 Å². The lowest BCUT2D eigenvalue weighted by molar-refractivity contribution is -0.119. The summed E-state index contributed by atoms with van der Waals surface area (Å²) in [6.07, 6.45) is 1.78.